The van der Waals surface area contributed by atoms with E-state index < -0.39 is 0 Å². The van der Waals surface area contributed by atoms with Crippen LogP contribution in [0.4, 0.5) is 0 Å². The van der Waals surface area contributed by atoms with Crippen LogP contribution in [0, 0.1) is 4.77 Å². The number of benzene rings is 2. The first-order valence-corrected chi connectivity index (χ1v) is 8.66. The predicted octanol–water partition coefficient (Wildman–Crippen LogP) is 3.68. The summed E-state index contributed by atoms with van der Waals surface area (Å²) in [5.41, 5.74) is 2.11. The average Bonchev–Trinajstić information content (AvgIpc) is 3.07. The normalized spacial score (nSPS) is 10.9. The molecule has 27 heavy (non-hydrogen) atoms. The summed E-state index contributed by atoms with van der Waals surface area (Å²) in [5, 5.41) is 11.4. The van der Waals surface area contributed by atoms with Gasteiger partial charge >= 0.3 is 5.97 Å². The lowest BCUT2D eigenvalue weighted by Gasteiger charge is -2.05. The molecular weight excluding hydrogens is 364 g/mol. The molecule has 0 spiro atoms. The van der Waals surface area contributed by atoms with Crippen molar-refractivity contribution in [3.8, 4) is 17.1 Å². The molecule has 3 rings (SSSR count). The second kappa shape index (κ2) is 8.41. The van der Waals surface area contributed by atoms with Crippen LogP contribution >= 0.6 is 12.2 Å². The van der Waals surface area contributed by atoms with Crippen LogP contribution < -0.4 is 4.74 Å². The Morgan fingerprint density at radius 2 is 2.07 bits per heavy atom. The van der Waals surface area contributed by atoms with E-state index in [0.29, 0.717) is 22.8 Å². The van der Waals surface area contributed by atoms with Crippen molar-refractivity contribution in [1.82, 2.24) is 14.9 Å². The number of esters is 1. The minimum absolute atomic E-state index is 0.370. The highest BCUT2D eigenvalue weighted by Crippen LogP contribution is 2.22. The molecular formula is C19H18N4O3S. The van der Waals surface area contributed by atoms with Crippen molar-refractivity contribution in [2.24, 2.45) is 5.10 Å². The van der Waals surface area contributed by atoms with Gasteiger partial charge in [0.25, 0.3) is 0 Å². The maximum absolute atomic E-state index is 11.5. The van der Waals surface area contributed by atoms with Gasteiger partial charge in [-0.3, -0.25) is 0 Å². The number of ether oxygens (including phenoxy) is 2. The second-order valence-corrected chi connectivity index (χ2v) is 5.87. The van der Waals surface area contributed by atoms with Crippen LogP contribution in [0.2, 0.25) is 0 Å². The molecule has 0 amide bonds. The number of hydrogen-bond donors (Lipinski definition) is 1. The summed E-state index contributed by atoms with van der Waals surface area (Å²) in [6.07, 6.45) is 1.64. The average molecular weight is 382 g/mol. The van der Waals surface area contributed by atoms with Gasteiger partial charge < -0.3 is 9.47 Å². The van der Waals surface area contributed by atoms with Gasteiger partial charge in [0, 0.05) is 5.56 Å². The third kappa shape index (κ3) is 4.29. The first kappa shape index (κ1) is 18.5. The summed E-state index contributed by atoms with van der Waals surface area (Å²) < 4.78 is 12.1. The van der Waals surface area contributed by atoms with Crippen LogP contribution in [-0.2, 0) is 4.74 Å². The number of hydrogen-bond acceptors (Lipinski definition) is 6. The van der Waals surface area contributed by atoms with Crippen LogP contribution in [0.3, 0.4) is 0 Å². The quantitative estimate of drug-likeness (QED) is 0.400. The third-order valence-corrected chi connectivity index (χ3v) is 3.97. The van der Waals surface area contributed by atoms with Crippen LogP contribution in [0.5, 0.6) is 5.75 Å². The zero-order valence-electron chi connectivity index (χ0n) is 14.9. The molecule has 1 heterocycles. The fraction of sp³-hybridized carbons (Fsp3) is 0.158. The molecule has 8 heteroatoms. The maximum Gasteiger partial charge on any atom is 0.337 e. The van der Waals surface area contributed by atoms with Gasteiger partial charge in [-0.2, -0.15) is 14.9 Å². The Bertz CT molecular complexity index is 1020. The van der Waals surface area contributed by atoms with E-state index in [-0.39, 0.29) is 5.97 Å². The molecule has 3 aromatic rings. The molecule has 0 bridgehead atoms. The SMILES string of the molecule is CCOc1cccc(-c2n[nH]c(=S)n2N=Cc2ccc(C(=O)OC)cc2)c1. The van der Waals surface area contributed by atoms with E-state index in [1.54, 1.807) is 30.5 Å². The highest BCUT2D eigenvalue weighted by Gasteiger charge is 2.09. The highest BCUT2D eigenvalue weighted by atomic mass is 32.1. The van der Waals surface area contributed by atoms with Gasteiger partial charge in [-0.25, -0.2) is 9.89 Å². The van der Waals surface area contributed by atoms with Gasteiger partial charge in [0.05, 0.1) is 25.5 Å². The summed E-state index contributed by atoms with van der Waals surface area (Å²) in [6, 6.07) is 14.4. The van der Waals surface area contributed by atoms with Crippen LogP contribution in [0.15, 0.2) is 53.6 Å². The van der Waals surface area contributed by atoms with Crippen molar-refractivity contribution < 1.29 is 14.3 Å². The van der Waals surface area contributed by atoms with Crippen molar-refractivity contribution in [3.05, 3.63) is 64.4 Å². The second-order valence-electron chi connectivity index (χ2n) is 5.48. The molecule has 0 fully saturated rings. The standard InChI is InChI=1S/C19H18N4O3S/c1-3-26-16-6-4-5-15(11-16)17-21-22-19(27)23(17)20-12-13-7-9-14(10-8-13)18(24)25-2/h4-12H,3H2,1-2H3,(H,22,27). The highest BCUT2D eigenvalue weighted by molar-refractivity contribution is 7.71. The first-order valence-electron chi connectivity index (χ1n) is 8.25. The number of carbonyl (C=O) groups is 1. The van der Waals surface area contributed by atoms with E-state index in [4.69, 9.17) is 17.0 Å². The number of nitrogens with zero attached hydrogens (tertiary/aromatic N) is 3. The third-order valence-electron chi connectivity index (χ3n) is 3.71. The minimum Gasteiger partial charge on any atom is -0.494 e. The van der Waals surface area contributed by atoms with Gasteiger partial charge in [-0.15, -0.1) is 0 Å². The Hall–Kier alpha value is -3.26. The lowest BCUT2D eigenvalue weighted by molar-refractivity contribution is 0.0600. The van der Waals surface area contributed by atoms with Gasteiger partial charge in [0.1, 0.15) is 5.75 Å². The van der Waals surface area contributed by atoms with Gasteiger partial charge in [0.2, 0.25) is 4.77 Å². The van der Waals surface area contributed by atoms with E-state index in [9.17, 15) is 4.79 Å². The first-order chi connectivity index (χ1) is 13.1. The Balaban J connectivity index is 1.89. The minimum atomic E-state index is -0.382. The molecule has 0 aliphatic rings. The van der Waals surface area contributed by atoms with Gasteiger partial charge in [0.15, 0.2) is 5.82 Å². The van der Waals surface area contributed by atoms with Crippen molar-refractivity contribution >= 4 is 24.4 Å². The van der Waals surface area contributed by atoms with Gasteiger partial charge in [-0.1, -0.05) is 24.3 Å². The molecule has 0 unspecified atom stereocenters. The Labute approximate surface area is 161 Å². The van der Waals surface area contributed by atoms with E-state index >= 15 is 0 Å². The largest absolute Gasteiger partial charge is 0.494 e. The maximum atomic E-state index is 11.5. The lowest BCUT2D eigenvalue weighted by Crippen LogP contribution is -2.01. The van der Waals surface area contributed by atoms with Crippen molar-refractivity contribution in [2.45, 2.75) is 6.92 Å². The van der Waals surface area contributed by atoms with Crippen LogP contribution in [-0.4, -0.2) is 40.8 Å². The molecule has 7 nitrogen and oxygen atoms in total. The van der Waals surface area contributed by atoms with Crippen molar-refractivity contribution in [1.29, 1.82) is 0 Å². The Kier molecular flexibility index (Phi) is 5.77. The number of H-pyrrole nitrogens is 1. The number of aromatic nitrogens is 3. The van der Waals surface area contributed by atoms with E-state index in [2.05, 4.69) is 20.0 Å². The summed E-state index contributed by atoms with van der Waals surface area (Å²) in [6.45, 7) is 2.51. The number of rotatable bonds is 6. The van der Waals surface area contributed by atoms with Crippen LogP contribution in [0.1, 0.15) is 22.8 Å². The number of methoxy groups -OCH3 is 1. The van der Waals surface area contributed by atoms with Crippen molar-refractivity contribution in [3.63, 3.8) is 0 Å². The molecule has 2 aromatic carbocycles. The van der Waals surface area contributed by atoms with E-state index in [1.807, 2.05) is 31.2 Å². The van der Waals surface area contributed by atoms with Gasteiger partial charge in [-0.05, 0) is 49.0 Å². The molecule has 1 N–H and O–H groups in total. The molecule has 138 valence electrons. The number of aromatic amines is 1. The Morgan fingerprint density at radius 1 is 1.30 bits per heavy atom. The topological polar surface area (TPSA) is 81.5 Å². The zero-order valence-corrected chi connectivity index (χ0v) is 15.7. The predicted molar refractivity (Wildman–Crippen MR) is 105 cm³/mol. The fourth-order valence-electron chi connectivity index (χ4n) is 2.42. The molecule has 0 atom stereocenters. The molecule has 1 aromatic heterocycles. The number of nitrogens with one attached hydrogen (secondary N) is 1. The lowest BCUT2D eigenvalue weighted by atomic mass is 10.1. The van der Waals surface area contributed by atoms with Crippen molar-refractivity contribution in [2.75, 3.05) is 13.7 Å². The van der Waals surface area contributed by atoms with E-state index in [1.165, 1.54) is 11.8 Å². The summed E-state index contributed by atoms with van der Waals surface area (Å²) >= 11 is 5.28. The molecule has 0 saturated heterocycles. The zero-order chi connectivity index (χ0) is 19.2. The molecule has 0 radical (unpaired) electrons. The number of carbonyl (C=O) groups excluding carboxylic acids is 1. The molecule has 0 aliphatic carbocycles. The summed E-state index contributed by atoms with van der Waals surface area (Å²) in [7, 11) is 1.35. The molecule has 0 aliphatic heterocycles. The smallest absolute Gasteiger partial charge is 0.337 e. The van der Waals surface area contributed by atoms with E-state index in [0.717, 1.165) is 16.9 Å². The monoisotopic (exact) mass is 382 g/mol. The molecule has 0 saturated carbocycles. The Morgan fingerprint density at radius 3 is 2.78 bits per heavy atom. The summed E-state index contributed by atoms with van der Waals surface area (Å²) in [5.74, 6) is 0.939. The summed E-state index contributed by atoms with van der Waals surface area (Å²) in [4.78, 5) is 11.5. The fourth-order valence-corrected chi connectivity index (χ4v) is 2.60. The van der Waals surface area contributed by atoms with Crippen LogP contribution in [0.25, 0.3) is 11.4 Å².